The van der Waals surface area contributed by atoms with Gasteiger partial charge >= 0.3 is 39.5 Å². The first-order valence-corrected chi connectivity index (χ1v) is 34.4. The molecular formula is C60H116O17P2. The summed E-state index contributed by atoms with van der Waals surface area (Å²) in [4.78, 5) is 71.9. The van der Waals surface area contributed by atoms with E-state index in [9.17, 15) is 43.2 Å². The van der Waals surface area contributed by atoms with E-state index in [4.69, 9.17) is 37.0 Å². The predicted molar refractivity (Wildman–Crippen MR) is 312 cm³/mol. The zero-order chi connectivity index (χ0) is 58.8. The van der Waals surface area contributed by atoms with Gasteiger partial charge in [0.15, 0.2) is 12.2 Å². The highest BCUT2D eigenvalue weighted by molar-refractivity contribution is 7.47. The molecule has 0 aliphatic carbocycles. The van der Waals surface area contributed by atoms with Gasteiger partial charge in [-0.05, 0) is 43.4 Å². The van der Waals surface area contributed by atoms with E-state index < -0.39 is 97.5 Å². The van der Waals surface area contributed by atoms with Gasteiger partial charge in [-0.3, -0.25) is 37.3 Å². The number of ether oxygens (including phenoxy) is 4. The fourth-order valence-electron chi connectivity index (χ4n) is 8.74. The number of carbonyl (C=O) groups is 4. The Labute approximate surface area is 479 Å². The van der Waals surface area contributed by atoms with Gasteiger partial charge in [-0.15, -0.1) is 0 Å². The molecule has 3 N–H and O–H groups in total. The monoisotopic (exact) mass is 1170 g/mol. The number of rotatable bonds is 58. The molecule has 3 unspecified atom stereocenters. The second kappa shape index (κ2) is 51.7. The van der Waals surface area contributed by atoms with Crippen molar-refractivity contribution in [3.63, 3.8) is 0 Å². The van der Waals surface area contributed by atoms with Crippen LogP contribution in [0.3, 0.4) is 0 Å². The summed E-state index contributed by atoms with van der Waals surface area (Å²) in [5.74, 6) is 0.0127. The molecule has 0 rings (SSSR count). The lowest BCUT2D eigenvalue weighted by Gasteiger charge is -2.21. The van der Waals surface area contributed by atoms with Gasteiger partial charge in [0.2, 0.25) is 0 Å². The normalized spacial score (nSPS) is 14.8. The molecule has 0 saturated carbocycles. The van der Waals surface area contributed by atoms with Gasteiger partial charge in [0.05, 0.1) is 26.4 Å². The third-order valence-electron chi connectivity index (χ3n) is 14.0. The fraction of sp³-hybridized carbons (Fsp3) is 0.933. The molecule has 79 heavy (non-hydrogen) atoms. The van der Waals surface area contributed by atoms with E-state index in [1.54, 1.807) is 0 Å². The van der Waals surface area contributed by atoms with Crippen LogP contribution in [0.4, 0.5) is 0 Å². The topological polar surface area (TPSA) is 237 Å². The minimum absolute atomic E-state index is 0.102. The van der Waals surface area contributed by atoms with Crippen LogP contribution in [0.15, 0.2) is 0 Å². The lowest BCUT2D eigenvalue weighted by molar-refractivity contribution is -0.161. The summed E-state index contributed by atoms with van der Waals surface area (Å²) in [7, 11) is -9.88. The van der Waals surface area contributed by atoms with Gasteiger partial charge < -0.3 is 33.8 Å². The average Bonchev–Trinajstić information content (AvgIpc) is 3.40. The molecule has 0 aromatic heterocycles. The molecule has 17 nitrogen and oxygen atoms in total. The van der Waals surface area contributed by atoms with Gasteiger partial charge in [0.25, 0.3) is 0 Å². The van der Waals surface area contributed by atoms with Crippen molar-refractivity contribution in [2.75, 3.05) is 39.6 Å². The Hall–Kier alpha value is -1.94. The molecule has 0 amide bonds. The van der Waals surface area contributed by atoms with E-state index in [1.807, 2.05) is 0 Å². The lowest BCUT2D eigenvalue weighted by atomic mass is 10.00. The maximum atomic E-state index is 12.9. The molecular weight excluding hydrogens is 1050 g/mol. The largest absolute Gasteiger partial charge is 0.472 e. The summed E-state index contributed by atoms with van der Waals surface area (Å²) in [6.07, 6.45) is 31.0. The van der Waals surface area contributed by atoms with Crippen molar-refractivity contribution in [2.24, 2.45) is 17.8 Å². The Morgan fingerprint density at radius 1 is 0.367 bits per heavy atom. The quantitative estimate of drug-likeness (QED) is 0.0222. The third-order valence-corrected chi connectivity index (χ3v) is 15.9. The minimum atomic E-state index is -4.94. The van der Waals surface area contributed by atoms with Crippen LogP contribution in [0, 0.1) is 17.8 Å². The molecule has 0 aromatic rings. The SMILES string of the molecule is CCCCCCCCCC(=O)OC[C@H](COP(=O)(O)OC[C@H](O)COP(=O)(O)OC[C@@H](COC(=O)CCCCCCCCCC(C)C)OC(=O)CCCCCCCCCCCC(C)C)OC(=O)CCCCCCCCC(C)CC. The maximum absolute atomic E-state index is 12.9. The summed E-state index contributed by atoms with van der Waals surface area (Å²) in [5.41, 5.74) is 0. The highest BCUT2D eigenvalue weighted by atomic mass is 31.2. The number of phosphoric ester groups is 2. The van der Waals surface area contributed by atoms with Gasteiger partial charge in [0.1, 0.15) is 19.3 Å². The second-order valence-electron chi connectivity index (χ2n) is 22.9. The van der Waals surface area contributed by atoms with Crippen molar-refractivity contribution in [3.8, 4) is 0 Å². The van der Waals surface area contributed by atoms with Crippen molar-refractivity contribution in [2.45, 2.75) is 304 Å². The van der Waals surface area contributed by atoms with Crippen LogP contribution >= 0.6 is 15.6 Å². The Kier molecular flexibility index (Phi) is 50.4. The standard InChI is InChI=1S/C60H116O17P2/c1-8-10-11-12-17-27-34-41-57(62)70-47-56(77-60(65)44-37-30-23-22-26-33-40-53(7)9-2)50-75-79(68,69)73-46-54(61)45-72-78(66,67)74-49-55(48-71-58(63)42-35-28-21-16-19-25-32-39-52(5)6)76-59(64)43-36-29-20-15-13-14-18-24-31-38-51(3)4/h51-56,61H,8-50H2,1-7H3,(H,66,67)(H,68,69)/t53?,54-,55-,56-/m1/s1. The van der Waals surface area contributed by atoms with Crippen LogP contribution in [0.2, 0.25) is 0 Å². The van der Waals surface area contributed by atoms with Crippen LogP contribution in [0.1, 0.15) is 286 Å². The number of hydrogen-bond acceptors (Lipinski definition) is 15. The van der Waals surface area contributed by atoms with E-state index in [-0.39, 0.29) is 25.7 Å². The third kappa shape index (κ3) is 53.8. The van der Waals surface area contributed by atoms with E-state index in [0.717, 1.165) is 121 Å². The van der Waals surface area contributed by atoms with E-state index in [2.05, 4.69) is 48.5 Å². The fourth-order valence-corrected chi connectivity index (χ4v) is 10.3. The minimum Gasteiger partial charge on any atom is -0.462 e. The van der Waals surface area contributed by atoms with E-state index in [1.165, 1.54) is 77.0 Å². The van der Waals surface area contributed by atoms with Crippen LogP contribution in [0.25, 0.3) is 0 Å². The first kappa shape index (κ1) is 77.1. The van der Waals surface area contributed by atoms with Crippen molar-refractivity contribution < 1.29 is 80.2 Å². The van der Waals surface area contributed by atoms with Crippen molar-refractivity contribution in [1.29, 1.82) is 0 Å². The number of hydrogen-bond donors (Lipinski definition) is 3. The lowest BCUT2D eigenvalue weighted by Crippen LogP contribution is -2.30. The average molecular weight is 1170 g/mol. The molecule has 0 aliphatic heterocycles. The summed E-state index contributed by atoms with van der Waals surface area (Å²) in [6, 6.07) is 0. The van der Waals surface area contributed by atoms with Crippen LogP contribution in [-0.2, 0) is 65.4 Å². The number of esters is 4. The number of unbranched alkanes of at least 4 members (excludes halogenated alkanes) is 25. The molecule has 0 heterocycles. The van der Waals surface area contributed by atoms with E-state index in [0.29, 0.717) is 31.6 Å². The van der Waals surface area contributed by atoms with Gasteiger partial charge in [-0.1, -0.05) is 235 Å². The Morgan fingerprint density at radius 2 is 0.646 bits per heavy atom. The van der Waals surface area contributed by atoms with Crippen LogP contribution < -0.4 is 0 Å². The molecule has 0 saturated heterocycles. The van der Waals surface area contributed by atoms with Gasteiger partial charge in [0, 0.05) is 25.7 Å². The van der Waals surface area contributed by atoms with Crippen LogP contribution in [0.5, 0.6) is 0 Å². The number of carbonyl (C=O) groups excluding carboxylic acids is 4. The zero-order valence-corrected chi connectivity index (χ0v) is 52.6. The summed E-state index contributed by atoms with van der Waals surface area (Å²) in [6.45, 7) is 11.6. The molecule has 0 radical (unpaired) electrons. The number of phosphoric acid groups is 2. The highest BCUT2D eigenvalue weighted by Crippen LogP contribution is 2.45. The van der Waals surface area contributed by atoms with Gasteiger partial charge in [-0.2, -0.15) is 0 Å². The molecule has 468 valence electrons. The Balaban J connectivity index is 5.23. The molecule has 0 fully saturated rings. The molecule has 0 aliphatic rings. The number of aliphatic hydroxyl groups excluding tert-OH is 1. The molecule has 6 atom stereocenters. The summed E-state index contributed by atoms with van der Waals surface area (Å²) < 4.78 is 67.7. The Bertz CT molecular complexity index is 1580. The molecule has 0 bridgehead atoms. The first-order valence-electron chi connectivity index (χ1n) is 31.4. The van der Waals surface area contributed by atoms with Gasteiger partial charge in [-0.25, -0.2) is 9.13 Å². The second-order valence-corrected chi connectivity index (χ2v) is 25.8. The summed E-state index contributed by atoms with van der Waals surface area (Å²) >= 11 is 0. The summed E-state index contributed by atoms with van der Waals surface area (Å²) in [5, 5.41) is 10.5. The molecule has 0 spiro atoms. The van der Waals surface area contributed by atoms with E-state index >= 15 is 0 Å². The first-order chi connectivity index (χ1) is 37.8. The van der Waals surface area contributed by atoms with Crippen molar-refractivity contribution in [3.05, 3.63) is 0 Å². The predicted octanol–water partition coefficient (Wildman–Crippen LogP) is 15.9. The zero-order valence-electron chi connectivity index (χ0n) is 50.8. The smallest absolute Gasteiger partial charge is 0.462 e. The maximum Gasteiger partial charge on any atom is 0.472 e. The molecule has 19 heteroatoms. The van der Waals surface area contributed by atoms with Crippen molar-refractivity contribution in [1.82, 2.24) is 0 Å². The van der Waals surface area contributed by atoms with Crippen LogP contribution in [-0.4, -0.2) is 96.7 Å². The van der Waals surface area contributed by atoms with Crippen molar-refractivity contribution >= 4 is 39.5 Å². The molecule has 0 aromatic carbocycles. The number of aliphatic hydroxyl groups is 1. The highest BCUT2D eigenvalue weighted by Gasteiger charge is 2.30. The Morgan fingerprint density at radius 3 is 0.962 bits per heavy atom.